The van der Waals surface area contributed by atoms with Gasteiger partial charge in [0.05, 0.1) is 46.8 Å². The van der Waals surface area contributed by atoms with E-state index in [0.717, 1.165) is 25.6 Å². The van der Waals surface area contributed by atoms with Crippen molar-refractivity contribution in [2.24, 2.45) is 5.73 Å². The Morgan fingerprint density at radius 1 is 0.912 bits per heavy atom. The smallest absolute Gasteiger partial charge is 0.154 e. The van der Waals surface area contributed by atoms with Crippen molar-refractivity contribution in [3.8, 4) is 17.2 Å². The van der Waals surface area contributed by atoms with E-state index in [1.54, 1.807) is 19.2 Å². The quantitative estimate of drug-likeness (QED) is 0.180. The second-order valence-corrected chi connectivity index (χ2v) is 12.0. The molecular weight excluding hydrogens is 894 g/mol. The summed E-state index contributed by atoms with van der Waals surface area (Å²) in [5.41, 5.74) is 7.17. The Bertz CT molecular complexity index is 913. The Morgan fingerprint density at radius 3 is 2.06 bits per heavy atom. The number of ketones is 1. The summed E-state index contributed by atoms with van der Waals surface area (Å²) in [6.07, 6.45) is 1.49. The molecule has 0 fully saturated rings. The molecule has 3 N–H and O–H groups in total. The van der Waals surface area contributed by atoms with Crippen LogP contribution in [0.1, 0.15) is 18.4 Å². The molecule has 2 aromatic rings. The Morgan fingerprint density at radius 2 is 1.47 bits per heavy atom. The van der Waals surface area contributed by atoms with Gasteiger partial charge >= 0.3 is 0 Å². The van der Waals surface area contributed by atoms with Crippen molar-refractivity contribution in [1.82, 2.24) is 0 Å². The summed E-state index contributed by atoms with van der Waals surface area (Å²) in [7, 11) is 1.63. The number of nitrogens with two attached hydrogens (primary N) is 1. The lowest BCUT2D eigenvalue weighted by molar-refractivity contribution is -0.120. The van der Waals surface area contributed by atoms with E-state index >= 15 is 0 Å². The van der Waals surface area contributed by atoms with Gasteiger partial charge in [0.1, 0.15) is 17.3 Å². The van der Waals surface area contributed by atoms with Gasteiger partial charge in [0.2, 0.25) is 0 Å². The molecule has 2 rings (SSSR count). The fraction of sp³-hybridized carbons (Fsp3) is 0.435. The van der Waals surface area contributed by atoms with Crippen LogP contribution in [-0.4, -0.2) is 57.1 Å². The summed E-state index contributed by atoms with van der Waals surface area (Å²) in [5, 5.41) is 9.97. The summed E-state index contributed by atoms with van der Waals surface area (Å²) in [6, 6.07) is 7.02. The van der Waals surface area contributed by atoms with Crippen molar-refractivity contribution in [2.45, 2.75) is 25.3 Å². The first-order valence-electron chi connectivity index (χ1n) is 10.5. The molecule has 0 bridgehead atoms. The lowest BCUT2D eigenvalue weighted by atomic mass is 10.0. The van der Waals surface area contributed by atoms with Gasteiger partial charge in [0.15, 0.2) is 5.75 Å². The topological polar surface area (TPSA) is 100 Å². The van der Waals surface area contributed by atoms with Crippen molar-refractivity contribution in [3.05, 3.63) is 44.1 Å². The summed E-state index contributed by atoms with van der Waals surface area (Å²) >= 11 is 8.62. The Labute approximate surface area is 254 Å². The molecular formula is C23H27I4NO6. The zero-order chi connectivity index (χ0) is 25.1. The number of carbonyl (C=O) groups is 1. The fourth-order valence-corrected chi connectivity index (χ4v) is 6.74. The van der Waals surface area contributed by atoms with Crippen molar-refractivity contribution in [2.75, 3.05) is 40.1 Å². The van der Waals surface area contributed by atoms with E-state index in [-0.39, 0.29) is 11.5 Å². The number of Topliss-reactive ketones (excluding diaryl/α,β-unsaturated/α-hetero) is 1. The van der Waals surface area contributed by atoms with Gasteiger partial charge in [-0.1, -0.05) is 0 Å². The van der Waals surface area contributed by atoms with Crippen LogP contribution in [0.5, 0.6) is 17.2 Å². The number of phenols is 1. The zero-order valence-corrected chi connectivity index (χ0v) is 27.3. The Balaban J connectivity index is 1.83. The number of halogens is 4. The van der Waals surface area contributed by atoms with E-state index in [9.17, 15) is 9.90 Å². The normalized spacial score (nSPS) is 12.1. The molecule has 0 radical (unpaired) electrons. The molecule has 34 heavy (non-hydrogen) atoms. The van der Waals surface area contributed by atoms with E-state index in [0.29, 0.717) is 58.0 Å². The van der Waals surface area contributed by atoms with Gasteiger partial charge in [-0.05, 0) is 133 Å². The number of methoxy groups -OCH3 is 1. The lowest BCUT2D eigenvalue weighted by Gasteiger charge is -2.15. The number of aromatic hydroxyl groups is 1. The highest BCUT2D eigenvalue weighted by atomic mass is 127. The first-order chi connectivity index (χ1) is 16.2. The average molecular weight is 921 g/mol. The van der Waals surface area contributed by atoms with Crippen molar-refractivity contribution < 1.29 is 28.8 Å². The van der Waals surface area contributed by atoms with Crippen LogP contribution < -0.4 is 10.5 Å². The SMILES string of the molecule is COCCOCCOCCCC(=O)C(N)Cc1cc(I)c(Oc2cc(I)c(O)c(I)c2)c(I)c1. The number of ether oxygens (including phenoxy) is 4. The number of hydrogen-bond acceptors (Lipinski definition) is 7. The fourth-order valence-electron chi connectivity index (χ4n) is 2.91. The average Bonchev–Trinajstić information content (AvgIpc) is 2.78. The lowest BCUT2D eigenvalue weighted by Crippen LogP contribution is -2.32. The summed E-state index contributed by atoms with van der Waals surface area (Å²) in [4.78, 5) is 12.5. The van der Waals surface area contributed by atoms with Gasteiger partial charge in [-0.25, -0.2) is 0 Å². The molecule has 0 aliphatic carbocycles. The maximum absolute atomic E-state index is 12.5. The highest BCUT2D eigenvalue weighted by molar-refractivity contribution is 14.1. The van der Waals surface area contributed by atoms with Crippen LogP contribution >= 0.6 is 90.4 Å². The molecule has 0 heterocycles. The van der Waals surface area contributed by atoms with E-state index < -0.39 is 6.04 Å². The monoisotopic (exact) mass is 921 g/mol. The minimum atomic E-state index is -0.559. The van der Waals surface area contributed by atoms with Crippen molar-refractivity contribution in [3.63, 3.8) is 0 Å². The molecule has 0 amide bonds. The molecule has 0 aromatic heterocycles. The number of phenolic OH excluding ortho intramolecular Hbond substituents is 1. The first kappa shape index (κ1) is 30.7. The molecule has 0 saturated heterocycles. The minimum Gasteiger partial charge on any atom is -0.506 e. The highest BCUT2D eigenvalue weighted by Gasteiger charge is 2.17. The molecule has 188 valence electrons. The van der Waals surface area contributed by atoms with Gasteiger partial charge in [0, 0.05) is 20.1 Å². The van der Waals surface area contributed by atoms with Crippen LogP contribution in [0.25, 0.3) is 0 Å². The van der Waals surface area contributed by atoms with E-state index in [4.69, 9.17) is 24.7 Å². The molecule has 0 spiro atoms. The number of rotatable bonds is 15. The minimum absolute atomic E-state index is 0.0264. The van der Waals surface area contributed by atoms with Gasteiger partial charge in [0.25, 0.3) is 0 Å². The van der Waals surface area contributed by atoms with Crippen LogP contribution in [0.3, 0.4) is 0 Å². The molecule has 2 aromatic carbocycles. The summed E-state index contributed by atoms with van der Waals surface area (Å²) in [5.74, 6) is 1.68. The third kappa shape index (κ3) is 10.5. The first-order valence-corrected chi connectivity index (χ1v) is 14.8. The van der Waals surface area contributed by atoms with E-state index in [2.05, 4.69) is 90.4 Å². The molecule has 0 aliphatic rings. The molecule has 1 unspecified atom stereocenters. The van der Waals surface area contributed by atoms with Crippen LogP contribution in [0.4, 0.5) is 0 Å². The molecule has 11 heteroatoms. The standard InChI is InChI=1S/C23H27I4NO6/c1-31-5-6-33-8-7-32-4-2-3-21(29)20(28)11-14-9-18(26)23(19(27)10-14)34-15-12-16(24)22(30)17(25)13-15/h9-10,12-13,20,30H,2-8,11,28H2,1H3. The number of hydrogen-bond donors (Lipinski definition) is 2. The maximum atomic E-state index is 12.5. The largest absolute Gasteiger partial charge is 0.506 e. The van der Waals surface area contributed by atoms with Crippen molar-refractivity contribution >= 4 is 96.1 Å². The Kier molecular flexibility index (Phi) is 14.8. The van der Waals surface area contributed by atoms with Gasteiger partial charge in [-0.15, -0.1) is 0 Å². The maximum Gasteiger partial charge on any atom is 0.154 e. The van der Waals surface area contributed by atoms with Gasteiger partial charge < -0.3 is 29.8 Å². The van der Waals surface area contributed by atoms with Crippen LogP contribution in [-0.2, 0) is 25.4 Å². The predicted molar refractivity (Wildman–Crippen MR) is 165 cm³/mol. The van der Waals surface area contributed by atoms with Gasteiger partial charge in [-0.2, -0.15) is 0 Å². The van der Waals surface area contributed by atoms with E-state index in [1.807, 2.05) is 12.1 Å². The predicted octanol–water partition coefficient (Wildman–Crippen LogP) is 5.50. The number of carbonyl (C=O) groups excluding carboxylic acids is 1. The van der Waals surface area contributed by atoms with Gasteiger partial charge in [-0.3, -0.25) is 4.79 Å². The Hall–Kier alpha value is 0.470. The summed E-state index contributed by atoms with van der Waals surface area (Å²) < 4.78 is 25.1. The third-order valence-electron chi connectivity index (χ3n) is 4.65. The third-order valence-corrected chi connectivity index (χ3v) is 7.90. The summed E-state index contributed by atoms with van der Waals surface area (Å²) in [6.45, 7) is 2.63. The number of benzene rings is 2. The highest BCUT2D eigenvalue weighted by Crippen LogP contribution is 2.37. The van der Waals surface area contributed by atoms with Crippen LogP contribution in [0, 0.1) is 14.3 Å². The van der Waals surface area contributed by atoms with Crippen LogP contribution in [0.15, 0.2) is 24.3 Å². The molecule has 1 atom stereocenters. The molecule has 7 nitrogen and oxygen atoms in total. The molecule has 0 aliphatic heterocycles. The van der Waals surface area contributed by atoms with E-state index in [1.165, 1.54) is 0 Å². The second-order valence-electron chi connectivity index (χ2n) is 7.32. The molecule has 0 saturated carbocycles. The second kappa shape index (κ2) is 16.3. The van der Waals surface area contributed by atoms with Crippen LogP contribution in [0.2, 0.25) is 0 Å². The zero-order valence-electron chi connectivity index (χ0n) is 18.6. The van der Waals surface area contributed by atoms with Crippen molar-refractivity contribution in [1.29, 1.82) is 0 Å².